The number of phenols is 1. The van der Waals surface area contributed by atoms with Crippen molar-refractivity contribution in [3.63, 3.8) is 0 Å². The summed E-state index contributed by atoms with van der Waals surface area (Å²) in [6.45, 7) is 2.20. The SMILES string of the molecule is CCCCCCCCC/C(=N/O)c1cc(Cl)cc(Cl)c1O. The summed E-state index contributed by atoms with van der Waals surface area (Å²) < 4.78 is 0. The van der Waals surface area contributed by atoms with Crippen LogP contribution in [0.2, 0.25) is 10.0 Å². The van der Waals surface area contributed by atoms with E-state index in [1.807, 2.05) is 0 Å². The first-order valence-corrected chi connectivity index (χ1v) is 8.25. The van der Waals surface area contributed by atoms with E-state index in [4.69, 9.17) is 28.4 Å². The molecule has 0 aliphatic heterocycles. The van der Waals surface area contributed by atoms with Gasteiger partial charge in [0.05, 0.1) is 10.7 Å². The number of hydrogen-bond donors (Lipinski definition) is 2. The highest BCUT2D eigenvalue weighted by Crippen LogP contribution is 2.32. The van der Waals surface area contributed by atoms with E-state index in [9.17, 15) is 5.11 Å². The van der Waals surface area contributed by atoms with Gasteiger partial charge < -0.3 is 10.3 Å². The van der Waals surface area contributed by atoms with Gasteiger partial charge in [-0.05, 0) is 25.0 Å². The standard InChI is InChI=1S/C16H23Cl2NO2/c1-2-3-4-5-6-7-8-9-15(19-21)13-10-12(17)11-14(18)16(13)20/h10-11,20-21H,2-9H2,1H3/b19-15-. The minimum atomic E-state index is -0.0863. The molecule has 0 aliphatic rings. The molecule has 3 nitrogen and oxygen atoms in total. The number of rotatable bonds is 9. The van der Waals surface area contributed by atoms with Crippen molar-refractivity contribution in [2.75, 3.05) is 0 Å². The van der Waals surface area contributed by atoms with Crippen molar-refractivity contribution < 1.29 is 10.3 Å². The molecule has 5 heteroatoms. The summed E-state index contributed by atoms with van der Waals surface area (Å²) in [5.41, 5.74) is 0.825. The summed E-state index contributed by atoms with van der Waals surface area (Å²) in [4.78, 5) is 0. The van der Waals surface area contributed by atoms with Crippen LogP contribution in [0, 0.1) is 0 Å². The van der Waals surface area contributed by atoms with Crippen LogP contribution in [0.4, 0.5) is 0 Å². The van der Waals surface area contributed by atoms with Gasteiger partial charge in [-0.1, -0.05) is 73.8 Å². The second-order valence-corrected chi connectivity index (χ2v) is 6.05. The summed E-state index contributed by atoms with van der Waals surface area (Å²) in [6.07, 6.45) is 8.83. The van der Waals surface area contributed by atoms with Gasteiger partial charge in [0.25, 0.3) is 0 Å². The molecule has 1 aromatic carbocycles. The highest BCUT2D eigenvalue weighted by Gasteiger charge is 2.14. The molecule has 0 radical (unpaired) electrons. The lowest BCUT2D eigenvalue weighted by Crippen LogP contribution is -2.02. The fourth-order valence-electron chi connectivity index (χ4n) is 2.27. The van der Waals surface area contributed by atoms with Crippen molar-refractivity contribution >= 4 is 28.9 Å². The number of oxime groups is 1. The summed E-state index contributed by atoms with van der Waals surface area (Å²) in [5.74, 6) is -0.0863. The van der Waals surface area contributed by atoms with Gasteiger partial charge in [-0.15, -0.1) is 0 Å². The van der Waals surface area contributed by atoms with Crippen LogP contribution in [0.25, 0.3) is 0 Å². The molecule has 118 valence electrons. The maximum atomic E-state index is 9.94. The van der Waals surface area contributed by atoms with E-state index in [-0.39, 0.29) is 10.8 Å². The number of halogens is 2. The quantitative estimate of drug-likeness (QED) is 0.251. The predicted octanol–water partition coefficient (Wildman–Crippen LogP) is 6.02. The highest BCUT2D eigenvalue weighted by molar-refractivity contribution is 6.36. The zero-order valence-electron chi connectivity index (χ0n) is 12.4. The van der Waals surface area contributed by atoms with Gasteiger partial charge in [-0.3, -0.25) is 0 Å². The topological polar surface area (TPSA) is 52.8 Å². The Labute approximate surface area is 136 Å². The van der Waals surface area contributed by atoms with Crippen molar-refractivity contribution in [2.45, 2.75) is 58.3 Å². The minimum absolute atomic E-state index is 0.0863. The molecule has 1 rings (SSSR count). The molecule has 21 heavy (non-hydrogen) atoms. The van der Waals surface area contributed by atoms with E-state index in [0.29, 0.717) is 22.7 Å². The Balaban J connectivity index is 2.50. The first kappa shape index (κ1) is 18.1. The van der Waals surface area contributed by atoms with Crippen LogP contribution in [0.15, 0.2) is 17.3 Å². The molecule has 0 fully saturated rings. The minimum Gasteiger partial charge on any atom is -0.506 e. The Morgan fingerprint density at radius 3 is 2.29 bits per heavy atom. The third-order valence-electron chi connectivity index (χ3n) is 3.48. The molecule has 0 unspecified atom stereocenters. The van der Waals surface area contributed by atoms with Crippen molar-refractivity contribution in [3.8, 4) is 5.75 Å². The van der Waals surface area contributed by atoms with Gasteiger partial charge in [0.2, 0.25) is 0 Å². The number of aromatic hydroxyl groups is 1. The zero-order chi connectivity index (χ0) is 15.7. The zero-order valence-corrected chi connectivity index (χ0v) is 13.9. The smallest absolute Gasteiger partial charge is 0.143 e. The second kappa shape index (κ2) is 9.91. The summed E-state index contributed by atoms with van der Waals surface area (Å²) in [7, 11) is 0. The highest BCUT2D eigenvalue weighted by atomic mass is 35.5. The van der Waals surface area contributed by atoms with Crippen LogP contribution in [-0.4, -0.2) is 16.0 Å². The molecule has 0 saturated carbocycles. The van der Waals surface area contributed by atoms with Gasteiger partial charge in [-0.2, -0.15) is 0 Å². The average Bonchev–Trinajstić information content (AvgIpc) is 2.46. The van der Waals surface area contributed by atoms with Crippen LogP contribution in [-0.2, 0) is 0 Å². The predicted molar refractivity (Wildman–Crippen MR) is 89.1 cm³/mol. The molecular formula is C16H23Cl2NO2. The van der Waals surface area contributed by atoms with Crippen molar-refractivity contribution in [1.29, 1.82) is 0 Å². The molecule has 0 aliphatic carbocycles. The third kappa shape index (κ3) is 6.15. The average molecular weight is 332 g/mol. The number of benzene rings is 1. The Morgan fingerprint density at radius 2 is 1.67 bits per heavy atom. The fraction of sp³-hybridized carbons (Fsp3) is 0.562. The van der Waals surface area contributed by atoms with Gasteiger partial charge in [0, 0.05) is 10.6 Å². The number of nitrogens with zero attached hydrogens (tertiary/aromatic N) is 1. The van der Waals surface area contributed by atoms with Crippen LogP contribution >= 0.6 is 23.2 Å². The molecule has 0 heterocycles. The van der Waals surface area contributed by atoms with Gasteiger partial charge in [0.15, 0.2) is 0 Å². The van der Waals surface area contributed by atoms with Gasteiger partial charge in [-0.25, -0.2) is 0 Å². The molecule has 0 amide bonds. The lowest BCUT2D eigenvalue weighted by atomic mass is 10.0. The third-order valence-corrected chi connectivity index (χ3v) is 3.98. The maximum absolute atomic E-state index is 9.94. The van der Waals surface area contributed by atoms with E-state index < -0.39 is 0 Å². The maximum Gasteiger partial charge on any atom is 0.143 e. The molecule has 0 bridgehead atoms. The number of phenolic OH excluding ortho intramolecular Hbond substituents is 1. The largest absolute Gasteiger partial charge is 0.506 e. The molecule has 0 aromatic heterocycles. The first-order chi connectivity index (χ1) is 10.1. The van der Waals surface area contributed by atoms with Crippen LogP contribution in [0.3, 0.4) is 0 Å². The van der Waals surface area contributed by atoms with Crippen molar-refractivity contribution in [2.24, 2.45) is 5.16 Å². The lowest BCUT2D eigenvalue weighted by Gasteiger charge is -2.09. The molecule has 1 aromatic rings. The van der Waals surface area contributed by atoms with Gasteiger partial charge >= 0.3 is 0 Å². The van der Waals surface area contributed by atoms with Crippen LogP contribution < -0.4 is 0 Å². The first-order valence-electron chi connectivity index (χ1n) is 7.49. The van der Waals surface area contributed by atoms with E-state index >= 15 is 0 Å². The second-order valence-electron chi connectivity index (χ2n) is 5.20. The molecule has 0 atom stereocenters. The number of unbranched alkanes of at least 4 members (excludes halogenated alkanes) is 6. The molecule has 0 spiro atoms. The van der Waals surface area contributed by atoms with E-state index in [1.165, 1.54) is 38.2 Å². The fourth-order valence-corrected chi connectivity index (χ4v) is 2.77. The van der Waals surface area contributed by atoms with Crippen molar-refractivity contribution in [1.82, 2.24) is 0 Å². The Bertz CT molecular complexity index is 476. The molecular weight excluding hydrogens is 309 g/mol. The van der Waals surface area contributed by atoms with E-state index in [1.54, 1.807) is 6.07 Å². The molecule has 0 saturated heterocycles. The monoisotopic (exact) mass is 331 g/mol. The van der Waals surface area contributed by atoms with E-state index in [0.717, 1.165) is 12.8 Å². The number of hydrogen-bond acceptors (Lipinski definition) is 3. The Morgan fingerprint density at radius 1 is 1.05 bits per heavy atom. The van der Waals surface area contributed by atoms with Crippen LogP contribution in [0.1, 0.15) is 63.9 Å². The van der Waals surface area contributed by atoms with Gasteiger partial charge in [0.1, 0.15) is 5.75 Å². The summed E-state index contributed by atoms with van der Waals surface area (Å²) in [5, 5.41) is 23.0. The van der Waals surface area contributed by atoms with Crippen LogP contribution in [0.5, 0.6) is 5.75 Å². The lowest BCUT2D eigenvalue weighted by molar-refractivity contribution is 0.317. The summed E-state index contributed by atoms with van der Waals surface area (Å²) >= 11 is 11.8. The molecule has 2 N–H and O–H groups in total. The van der Waals surface area contributed by atoms with Crippen molar-refractivity contribution in [3.05, 3.63) is 27.7 Å². The normalized spacial score (nSPS) is 11.9. The Hall–Kier alpha value is -0.930. The Kier molecular flexibility index (Phi) is 8.55. The summed E-state index contributed by atoms with van der Waals surface area (Å²) in [6, 6.07) is 3.03. The van der Waals surface area contributed by atoms with E-state index in [2.05, 4.69) is 12.1 Å².